The van der Waals surface area contributed by atoms with Gasteiger partial charge in [0.15, 0.2) is 0 Å². The SMILES string of the molecule is CCCCCCOc1ccccc1COc1ccccc1C(=O)Nc1cccnc1. The average Bonchev–Trinajstić information content (AvgIpc) is 2.79. The first kappa shape index (κ1) is 21.4. The molecule has 0 aliphatic carbocycles. The van der Waals surface area contributed by atoms with Gasteiger partial charge in [0.05, 0.1) is 24.1 Å². The number of ether oxygens (including phenoxy) is 2. The summed E-state index contributed by atoms with van der Waals surface area (Å²) in [5.74, 6) is 1.11. The van der Waals surface area contributed by atoms with E-state index in [4.69, 9.17) is 9.47 Å². The highest BCUT2D eigenvalue weighted by atomic mass is 16.5. The maximum absolute atomic E-state index is 12.7. The highest BCUT2D eigenvalue weighted by Gasteiger charge is 2.13. The Balaban J connectivity index is 1.63. The van der Waals surface area contributed by atoms with Crippen molar-refractivity contribution in [1.29, 1.82) is 0 Å². The van der Waals surface area contributed by atoms with Gasteiger partial charge in [-0.3, -0.25) is 9.78 Å². The number of nitrogens with one attached hydrogen (secondary N) is 1. The van der Waals surface area contributed by atoms with Crippen molar-refractivity contribution in [3.05, 3.63) is 84.2 Å². The molecule has 0 spiro atoms. The Labute approximate surface area is 178 Å². The Morgan fingerprint density at radius 1 is 0.900 bits per heavy atom. The van der Waals surface area contributed by atoms with E-state index in [0.29, 0.717) is 30.2 Å². The molecule has 30 heavy (non-hydrogen) atoms. The second kappa shape index (κ2) is 11.6. The summed E-state index contributed by atoms with van der Waals surface area (Å²) in [5, 5.41) is 2.85. The molecule has 156 valence electrons. The topological polar surface area (TPSA) is 60.5 Å². The van der Waals surface area contributed by atoms with E-state index in [0.717, 1.165) is 17.7 Å². The molecule has 0 aliphatic rings. The van der Waals surface area contributed by atoms with Gasteiger partial charge in [-0.25, -0.2) is 0 Å². The molecule has 0 unspecified atom stereocenters. The van der Waals surface area contributed by atoms with Crippen molar-refractivity contribution in [2.75, 3.05) is 11.9 Å². The van der Waals surface area contributed by atoms with E-state index in [-0.39, 0.29) is 5.91 Å². The first-order chi connectivity index (χ1) is 14.8. The summed E-state index contributed by atoms with van der Waals surface area (Å²) in [5.41, 5.74) is 2.06. The molecule has 0 atom stereocenters. The fourth-order valence-electron chi connectivity index (χ4n) is 3.05. The number of anilines is 1. The number of pyridine rings is 1. The third-order valence-corrected chi connectivity index (χ3v) is 4.66. The molecule has 5 nitrogen and oxygen atoms in total. The van der Waals surface area contributed by atoms with Crippen molar-refractivity contribution in [1.82, 2.24) is 4.98 Å². The van der Waals surface area contributed by atoms with Crippen LogP contribution in [0.2, 0.25) is 0 Å². The summed E-state index contributed by atoms with van der Waals surface area (Å²) in [4.78, 5) is 16.7. The maximum Gasteiger partial charge on any atom is 0.259 e. The van der Waals surface area contributed by atoms with E-state index in [1.165, 1.54) is 19.3 Å². The molecule has 0 radical (unpaired) electrons. The van der Waals surface area contributed by atoms with Crippen molar-refractivity contribution in [2.45, 2.75) is 39.2 Å². The largest absolute Gasteiger partial charge is 0.493 e. The van der Waals surface area contributed by atoms with Gasteiger partial charge in [0.1, 0.15) is 18.1 Å². The summed E-state index contributed by atoms with van der Waals surface area (Å²) in [6.45, 7) is 3.21. The van der Waals surface area contributed by atoms with Gasteiger partial charge in [-0.05, 0) is 36.8 Å². The number of rotatable bonds is 11. The highest BCUT2D eigenvalue weighted by Crippen LogP contribution is 2.24. The molecule has 2 aromatic carbocycles. The second-order valence-corrected chi connectivity index (χ2v) is 7.00. The van der Waals surface area contributed by atoms with Crippen molar-refractivity contribution < 1.29 is 14.3 Å². The summed E-state index contributed by atoms with van der Waals surface area (Å²) in [6.07, 6.45) is 7.92. The molecular formula is C25H28N2O3. The molecular weight excluding hydrogens is 376 g/mol. The third kappa shape index (κ3) is 6.34. The summed E-state index contributed by atoms with van der Waals surface area (Å²) < 4.78 is 12.0. The highest BCUT2D eigenvalue weighted by molar-refractivity contribution is 6.06. The molecule has 1 amide bonds. The zero-order chi connectivity index (χ0) is 21.0. The van der Waals surface area contributed by atoms with Crippen LogP contribution in [0.1, 0.15) is 48.5 Å². The van der Waals surface area contributed by atoms with Crippen LogP contribution in [0.4, 0.5) is 5.69 Å². The van der Waals surface area contributed by atoms with Crippen LogP contribution in [-0.2, 0) is 6.61 Å². The Morgan fingerprint density at radius 2 is 1.70 bits per heavy atom. The van der Waals surface area contributed by atoms with Gasteiger partial charge >= 0.3 is 0 Å². The van der Waals surface area contributed by atoms with E-state index in [2.05, 4.69) is 17.2 Å². The van der Waals surface area contributed by atoms with Crippen LogP contribution in [0, 0.1) is 0 Å². The van der Waals surface area contributed by atoms with Gasteiger partial charge in [-0.2, -0.15) is 0 Å². The molecule has 3 rings (SSSR count). The molecule has 0 aliphatic heterocycles. The maximum atomic E-state index is 12.7. The van der Waals surface area contributed by atoms with Crippen LogP contribution in [0.5, 0.6) is 11.5 Å². The van der Waals surface area contributed by atoms with Gasteiger partial charge in [-0.15, -0.1) is 0 Å². The first-order valence-corrected chi connectivity index (χ1v) is 10.4. The van der Waals surface area contributed by atoms with E-state index >= 15 is 0 Å². The van der Waals surface area contributed by atoms with Gasteiger partial charge in [0.25, 0.3) is 5.91 Å². The number of carbonyl (C=O) groups excluding carboxylic acids is 1. The number of carbonyl (C=O) groups is 1. The number of para-hydroxylation sites is 2. The lowest BCUT2D eigenvalue weighted by molar-refractivity contribution is 0.102. The minimum atomic E-state index is -0.237. The van der Waals surface area contributed by atoms with Gasteiger partial charge in [0, 0.05) is 11.8 Å². The van der Waals surface area contributed by atoms with E-state index < -0.39 is 0 Å². The number of nitrogens with zero attached hydrogens (tertiary/aromatic N) is 1. The first-order valence-electron chi connectivity index (χ1n) is 10.4. The van der Waals surface area contributed by atoms with Crippen LogP contribution >= 0.6 is 0 Å². The van der Waals surface area contributed by atoms with Crippen LogP contribution in [0.3, 0.4) is 0 Å². The Bertz CT molecular complexity index is 928. The molecule has 1 heterocycles. The zero-order valence-electron chi connectivity index (χ0n) is 17.3. The number of unbranched alkanes of at least 4 members (excludes halogenated alkanes) is 3. The van der Waals surface area contributed by atoms with E-state index in [1.54, 1.807) is 36.7 Å². The minimum Gasteiger partial charge on any atom is -0.493 e. The molecule has 1 aromatic heterocycles. The molecule has 0 saturated carbocycles. The molecule has 3 aromatic rings. The molecule has 0 saturated heterocycles. The van der Waals surface area contributed by atoms with Crippen LogP contribution in [-0.4, -0.2) is 17.5 Å². The third-order valence-electron chi connectivity index (χ3n) is 4.66. The Kier molecular flexibility index (Phi) is 8.27. The number of benzene rings is 2. The van der Waals surface area contributed by atoms with Crippen molar-refractivity contribution >= 4 is 11.6 Å². The van der Waals surface area contributed by atoms with Gasteiger partial charge < -0.3 is 14.8 Å². The van der Waals surface area contributed by atoms with Crippen LogP contribution in [0.25, 0.3) is 0 Å². The quantitative estimate of drug-likeness (QED) is 0.406. The van der Waals surface area contributed by atoms with Crippen molar-refractivity contribution in [3.63, 3.8) is 0 Å². The predicted molar refractivity (Wildman–Crippen MR) is 119 cm³/mol. The summed E-state index contributed by atoms with van der Waals surface area (Å²) in [6, 6.07) is 18.6. The van der Waals surface area contributed by atoms with Crippen molar-refractivity contribution in [2.24, 2.45) is 0 Å². The Morgan fingerprint density at radius 3 is 2.50 bits per heavy atom. The smallest absolute Gasteiger partial charge is 0.259 e. The summed E-state index contributed by atoms with van der Waals surface area (Å²) >= 11 is 0. The lowest BCUT2D eigenvalue weighted by atomic mass is 10.1. The predicted octanol–water partition coefficient (Wildman–Crippen LogP) is 5.87. The van der Waals surface area contributed by atoms with E-state index in [1.807, 2.05) is 36.4 Å². The lowest BCUT2D eigenvalue weighted by Crippen LogP contribution is -2.14. The Hall–Kier alpha value is -3.34. The number of aromatic nitrogens is 1. The fourth-order valence-corrected chi connectivity index (χ4v) is 3.05. The number of hydrogen-bond donors (Lipinski definition) is 1. The number of amides is 1. The second-order valence-electron chi connectivity index (χ2n) is 7.00. The minimum absolute atomic E-state index is 0.237. The van der Waals surface area contributed by atoms with E-state index in [9.17, 15) is 4.79 Å². The van der Waals surface area contributed by atoms with Crippen LogP contribution in [0.15, 0.2) is 73.1 Å². The molecule has 0 bridgehead atoms. The standard InChI is InChI=1S/C25H28N2O3/c1-2-3-4-9-17-29-23-14-7-5-11-20(23)19-30-24-15-8-6-13-22(24)25(28)27-21-12-10-16-26-18-21/h5-8,10-16,18H,2-4,9,17,19H2,1H3,(H,27,28). The molecule has 5 heteroatoms. The van der Waals surface area contributed by atoms with Gasteiger partial charge in [0.2, 0.25) is 0 Å². The van der Waals surface area contributed by atoms with Crippen molar-refractivity contribution in [3.8, 4) is 11.5 Å². The monoisotopic (exact) mass is 404 g/mol. The number of hydrogen-bond acceptors (Lipinski definition) is 4. The fraction of sp³-hybridized carbons (Fsp3) is 0.280. The zero-order valence-corrected chi connectivity index (χ0v) is 17.3. The summed E-state index contributed by atoms with van der Waals surface area (Å²) in [7, 11) is 0. The normalized spacial score (nSPS) is 10.4. The molecule has 1 N–H and O–H groups in total. The average molecular weight is 405 g/mol. The lowest BCUT2D eigenvalue weighted by Gasteiger charge is -2.14. The van der Waals surface area contributed by atoms with Crippen LogP contribution < -0.4 is 14.8 Å². The van der Waals surface area contributed by atoms with Gasteiger partial charge in [-0.1, -0.05) is 56.5 Å². The molecule has 0 fully saturated rings.